The summed E-state index contributed by atoms with van der Waals surface area (Å²) in [6, 6.07) is 5.60. The molecule has 200 valence electrons. The number of amides is 1. The number of hydrogen-bond donors (Lipinski definition) is 1. The Hall–Kier alpha value is -2.56. The van der Waals surface area contributed by atoms with Crippen LogP contribution < -0.4 is 0 Å². The first-order valence-electron chi connectivity index (χ1n) is 12.1. The zero-order valence-electron chi connectivity index (χ0n) is 20.1. The molecule has 3 fully saturated rings. The number of hydrogen-bond acceptors (Lipinski definition) is 4. The molecule has 4 atom stereocenters. The Bertz CT molecular complexity index is 1120. The Kier molecular flexibility index (Phi) is 8.82. The van der Waals surface area contributed by atoms with Crippen molar-refractivity contribution >= 4 is 34.5 Å². The van der Waals surface area contributed by atoms with E-state index in [4.69, 9.17) is 16.3 Å². The molecule has 0 aromatic heterocycles. The highest BCUT2D eigenvalue weighted by molar-refractivity contribution is 7.83. The van der Waals surface area contributed by atoms with Gasteiger partial charge in [-0.3, -0.25) is 13.9 Å². The van der Waals surface area contributed by atoms with Gasteiger partial charge in [0.1, 0.15) is 17.1 Å². The maximum atomic E-state index is 15.4. The molecule has 4 rings (SSSR count). The number of halogens is 3. The van der Waals surface area contributed by atoms with Crippen LogP contribution in [0.3, 0.4) is 0 Å². The van der Waals surface area contributed by atoms with E-state index in [1.54, 1.807) is 29.2 Å². The van der Waals surface area contributed by atoms with Crippen molar-refractivity contribution in [1.29, 1.82) is 0 Å². The molecule has 1 amide bonds. The van der Waals surface area contributed by atoms with Crippen molar-refractivity contribution < 1.29 is 32.4 Å². The van der Waals surface area contributed by atoms with Gasteiger partial charge in [0, 0.05) is 5.02 Å². The fourth-order valence-corrected chi connectivity index (χ4v) is 6.03. The van der Waals surface area contributed by atoms with E-state index >= 15 is 4.39 Å². The first kappa shape index (κ1) is 27.5. The van der Waals surface area contributed by atoms with Crippen LogP contribution in [0.25, 0.3) is 0 Å². The Morgan fingerprint density at radius 3 is 2.51 bits per heavy atom. The lowest BCUT2D eigenvalue weighted by atomic mass is 9.97. The zero-order valence-corrected chi connectivity index (χ0v) is 21.7. The second-order valence-electron chi connectivity index (χ2n) is 9.41. The topological polar surface area (TPSA) is 87.2 Å². The number of benzene rings is 1. The quantitative estimate of drug-likeness (QED) is 0.295. The molecule has 0 spiro atoms. The number of nitrogens with zero attached hydrogens (tertiary/aromatic N) is 2. The predicted molar refractivity (Wildman–Crippen MR) is 136 cm³/mol. The van der Waals surface area contributed by atoms with E-state index in [1.807, 2.05) is 0 Å². The number of ether oxygens (including phenoxy) is 1. The van der Waals surface area contributed by atoms with Crippen LogP contribution in [0.5, 0.6) is 0 Å². The first-order valence-corrected chi connectivity index (χ1v) is 13.7. The van der Waals surface area contributed by atoms with Crippen molar-refractivity contribution in [2.45, 2.75) is 55.5 Å². The van der Waals surface area contributed by atoms with Gasteiger partial charge in [-0.2, -0.15) is 4.39 Å². The molecular weight excluding hydrogens is 526 g/mol. The number of carbonyl (C=O) groups is 2. The predicted octanol–water partition coefficient (Wildman–Crippen LogP) is 4.84. The van der Waals surface area contributed by atoms with Crippen LogP contribution in [0, 0.1) is 5.92 Å². The molecule has 7 nitrogen and oxygen atoms in total. The Morgan fingerprint density at radius 1 is 1.27 bits per heavy atom. The van der Waals surface area contributed by atoms with Gasteiger partial charge in [-0.15, -0.1) is 0 Å². The Balaban J connectivity index is 1.72. The van der Waals surface area contributed by atoms with Gasteiger partial charge in [0.25, 0.3) is 5.91 Å². The van der Waals surface area contributed by atoms with Crippen molar-refractivity contribution in [3.8, 4) is 0 Å². The van der Waals surface area contributed by atoms with Crippen LogP contribution in [0.2, 0.25) is 5.02 Å². The van der Waals surface area contributed by atoms with Gasteiger partial charge in [0.2, 0.25) is 5.95 Å². The third-order valence-electron chi connectivity index (χ3n) is 6.63. The van der Waals surface area contributed by atoms with Crippen LogP contribution in [0.1, 0.15) is 43.7 Å². The summed E-state index contributed by atoms with van der Waals surface area (Å²) in [4.78, 5) is 26.6. The third kappa shape index (κ3) is 6.66. The van der Waals surface area contributed by atoms with E-state index in [9.17, 15) is 23.3 Å². The largest absolute Gasteiger partial charge is 0.481 e. The normalized spacial score (nSPS) is 24.5. The lowest BCUT2D eigenvalue weighted by Crippen LogP contribution is -2.57. The monoisotopic (exact) mass is 554 g/mol. The molecule has 2 saturated carbocycles. The maximum absolute atomic E-state index is 15.4. The second-order valence-corrected chi connectivity index (χ2v) is 11.5. The first-order chi connectivity index (χ1) is 17.7. The van der Waals surface area contributed by atoms with E-state index in [-0.39, 0.29) is 24.3 Å². The van der Waals surface area contributed by atoms with Gasteiger partial charge in [-0.1, -0.05) is 42.5 Å². The number of allylic oxidation sites excluding steroid dienone is 4. The van der Waals surface area contributed by atoms with Crippen LogP contribution in [0.15, 0.2) is 60.9 Å². The summed E-state index contributed by atoms with van der Waals surface area (Å²) < 4.78 is 49.8. The summed E-state index contributed by atoms with van der Waals surface area (Å²) >= 11 is 6.05. The number of carboxylic acid groups (broad SMARTS) is 1. The van der Waals surface area contributed by atoms with Crippen molar-refractivity contribution in [2.24, 2.45) is 5.92 Å². The minimum atomic E-state index is -1.84. The molecule has 0 bridgehead atoms. The molecule has 37 heavy (non-hydrogen) atoms. The average Bonchev–Trinajstić information content (AvgIpc) is 3.78. The zero-order chi connectivity index (χ0) is 26.7. The molecule has 1 saturated heterocycles. The Labute approximate surface area is 222 Å². The standard InChI is InChI=1S/C26H29ClF2N2O5S/c1-2-3-4-20(28)25(29)30(37(35)19-11-12-19)14-21(16-5-6-16)31-22(17-7-9-18(27)10-8-17)15-36-23(26(31)34)13-24(32)33/h2-4,7-10,16,19,21-23H,1,5-6,11-15H2,(H,32,33)/b4-3-,25-20+/t21?,22-,23?,37?/m0/s1. The van der Waals surface area contributed by atoms with E-state index in [0.29, 0.717) is 23.4 Å². The molecule has 1 aromatic rings. The molecule has 1 heterocycles. The molecule has 1 N–H and O–H groups in total. The molecule has 2 aliphatic carbocycles. The molecule has 3 unspecified atom stereocenters. The van der Waals surface area contributed by atoms with E-state index < -0.39 is 59.2 Å². The molecule has 3 aliphatic rings. The fraction of sp³-hybridized carbons (Fsp3) is 0.462. The van der Waals surface area contributed by atoms with Gasteiger partial charge in [0.05, 0.1) is 36.9 Å². The van der Waals surface area contributed by atoms with E-state index in [2.05, 4.69) is 6.58 Å². The van der Waals surface area contributed by atoms with Crippen molar-refractivity contribution in [1.82, 2.24) is 9.21 Å². The summed E-state index contributed by atoms with van der Waals surface area (Å²) in [5.74, 6) is -4.22. The van der Waals surface area contributed by atoms with Crippen molar-refractivity contribution in [3.05, 3.63) is 71.4 Å². The van der Waals surface area contributed by atoms with Gasteiger partial charge in [-0.25, -0.2) is 8.60 Å². The minimum absolute atomic E-state index is 0.0228. The highest BCUT2D eigenvalue weighted by Gasteiger charge is 2.48. The van der Waals surface area contributed by atoms with E-state index in [1.165, 1.54) is 12.2 Å². The number of aliphatic carboxylic acids is 1. The number of carboxylic acids is 1. The third-order valence-corrected chi connectivity index (χ3v) is 8.67. The highest BCUT2D eigenvalue weighted by atomic mass is 35.5. The maximum Gasteiger partial charge on any atom is 0.306 e. The number of rotatable bonds is 12. The van der Waals surface area contributed by atoms with Gasteiger partial charge >= 0.3 is 5.97 Å². The SMILES string of the molecule is C=C/C=C\C(F)=C(\F)N(CC(C1CC1)N1C(=O)C(CC(=O)O)OC[C@H]1c1ccc(Cl)cc1)S(=O)C1CC1. The molecule has 1 aromatic carbocycles. The smallest absolute Gasteiger partial charge is 0.306 e. The summed E-state index contributed by atoms with van der Waals surface area (Å²) in [6.45, 7) is 3.27. The average molecular weight is 555 g/mol. The van der Waals surface area contributed by atoms with Crippen LogP contribution in [-0.4, -0.2) is 60.9 Å². The molecule has 11 heteroatoms. The summed E-state index contributed by atoms with van der Waals surface area (Å²) in [6.07, 6.45) is 4.49. The van der Waals surface area contributed by atoms with Gasteiger partial charge in [0.15, 0.2) is 5.83 Å². The van der Waals surface area contributed by atoms with Crippen molar-refractivity contribution in [3.63, 3.8) is 0 Å². The summed E-state index contributed by atoms with van der Waals surface area (Å²) in [5, 5.41) is 9.53. The molecule has 1 aliphatic heterocycles. The van der Waals surface area contributed by atoms with Crippen LogP contribution >= 0.6 is 11.6 Å². The summed E-state index contributed by atoms with van der Waals surface area (Å²) in [5.41, 5.74) is 0.711. The minimum Gasteiger partial charge on any atom is -0.481 e. The fourth-order valence-electron chi connectivity index (χ4n) is 4.46. The highest BCUT2D eigenvalue weighted by Crippen LogP contribution is 2.43. The lowest BCUT2D eigenvalue weighted by Gasteiger charge is -2.45. The molecule has 0 radical (unpaired) electrons. The van der Waals surface area contributed by atoms with Gasteiger partial charge < -0.3 is 14.7 Å². The number of carbonyl (C=O) groups excluding carboxylic acids is 1. The van der Waals surface area contributed by atoms with Gasteiger partial charge in [-0.05, 0) is 55.4 Å². The second kappa shape index (κ2) is 11.9. The summed E-state index contributed by atoms with van der Waals surface area (Å²) in [7, 11) is -1.84. The van der Waals surface area contributed by atoms with Crippen LogP contribution in [-0.2, 0) is 25.3 Å². The number of morpholine rings is 1. The van der Waals surface area contributed by atoms with Crippen LogP contribution in [0.4, 0.5) is 8.78 Å². The molecular formula is C26H29ClF2N2O5S. The Morgan fingerprint density at radius 2 is 1.95 bits per heavy atom. The van der Waals surface area contributed by atoms with Crippen molar-refractivity contribution in [2.75, 3.05) is 13.2 Å². The lowest BCUT2D eigenvalue weighted by molar-refractivity contribution is -0.170. The van der Waals surface area contributed by atoms with E-state index in [0.717, 1.165) is 23.2 Å².